The topological polar surface area (TPSA) is 49.4 Å². The molecule has 148 valence electrons. The van der Waals surface area contributed by atoms with Crippen molar-refractivity contribution in [1.82, 2.24) is 4.90 Å². The third-order valence-electron chi connectivity index (χ3n) is 4.88. The molecule has 1 N–H and O–H groups in total. The van der Waals surface area contributed by atoms with Crippen LogP contribution in [0.25, 0.3) is 0 Å². The lowest BCUT2D eigenvalue weighted by Gasteiger charge is -2.31. The molecule has 7 heteroatoms. The third kappa shape index (κ3) is 5.10. The second kappa shape index (κ2) is 9.19. The standard InChI is InChI=1S/C21H22F2N2O2S/c1-14-4-2-3-5-18(14)20(27)25-12-10-15(11-13-25)19(26)24-16-6-8-17(9-7-16)28-21(22)23/h2-9,15,21H,10-13H2,1H3,(H,24,26). The van der Waals surface area contributed by atoms with Crippen LogP contribution in [0, 0.1) is 12.8 Å². The molecule has 3 rings (SSSR count). The van der Waals surface area contributed by atoms with Crippen molar-refractivity contribution in [2.24, 2.45) is 5.92 Å². The van der Waals surface area contributed by atoms with Crippen LogP contribution in [0.4, 0.5) is 14.5 Å². The smallest absolute Gasteiger partial charge is 0.288 e. The Morgan fingerprint density at radius 2 is 1.71 bits per heavy atom. The van der Waals surface area contributed by atoms with E-state index in [1.165, 1.54) is 0 Å². The first-order chi connectivity index (χ1) is 13.4. The number of alkyl halides is 2. The molecule has 28 heavy (non-hydrogen) atoms. The average molecular weight is 404 g/mol. The van der Waals surface area contributed by atoms with E-state index >= 15 is 0 Å². The molecule has 0 aliphatic carbocycles. The second-order valence-corrected chi connectivity index (χ2v) is 7.84. The first-order valence-corrected chi connectivity index (χ1v) is 10.0. The summed E-state index contributed by atoms with van der Waals surface area (Å²) in [4.78, 5) is 27.4. The lowest BCUT2D eigenvalue weighted by Crippen LogP contribution is -2.41. The van der Waals surface area contributed by atoms with Crippen LogP contribution in [-0.4, -0.2) is 35.6 Å². The first kappa shape index (κ1) is 20.3. The summed E-state index contributed by atoms with van der Waals surface area (Å²) in [7, 11) is 0. The van der Waals surface area contributed by atoms with Crippen molar-refractivity contribution in [3.63, 3.8) is 0 Å². The Bertz CT molecular complexity index is 835. The fourth-order valence-corrected chi connectivity index (χ4v) is 3.79. The van der Waals surface area contributed by atoms with E-state index in [0.717, 1.165) is 5.56 Å². The van der Waals surface area contributed by atoms with Crippen LogP contribution >= 0.6 is 11.8 Å². The summed E-state index contributed by atoms with van der Waals surface area (Å²) in [5.41, 5.74) is 2.23. The minimum atomic E-state index is -2.46. The Hall–Kier alpha value is -2.41. The number of rotatable bonds is 5. The molecule has 2 aromatic rings. The molecule has 1 heterocycles. The number of nitrogens with one attached hydrogen (secondary N) is 1. The Morgan fingerprint density at radius 3 is 2.32 bits per heavy atom. The maximum Gasteiger partial charge on any atom is 0.288 e. The Labute approximate surface area is 167 Å². The Morgan fingerprint density at radius 1 is 1.07 bits per heavy atom. The molecule has 0 atom stereocenters. The molecule has 1 aliphatic heterocycles. The van der Waals surface area contributed by atoms with Gasteiger partial charge in [0.05, 0.1) is 0 Å². The number of nitrogens with zero attached hydrogens (tertiary/aromatic N) is 1. The summed E-state index contributed by atoms with van der Waals surface area (Å²) in [6.45, 7) is 2.99. The number of amides is 2. The van der Waals surface area contributed by atoms with Crippen LogP contribution in [-0.2, 0) is 4.79 Å². The van der Waals surface area contributed by atoms with Crippen LogP contribution in [0.3, 0.4) is 0 Å². The van der Waals surface area contributed by atoms with Gasteiger partial charge in [-0.3, -0.25) is 9.59 Å². The first-order valence-electron chi connectivity index (χ1n) is 9.14. The van der Waals surface area contributed by atoms with E-state index in [0.29, 0.717) is 53.8 Å². The number of likely N-dealkylation sites (tertiary alicyclic amines) is 1. The normalized spacial score (nSPS) is 14.9. The van der Waals surface area contributed by atoms with Gasteiger partial charge in [0.25, 0.3) is 11.7 Å². The van der Waals surface area contributed by atoms with Gasteiger partial charge in [-0.15, -0.1) is 0 Å². The summed E-state index contributed by atoms with van der Waals surface area (Å²) in [5.74, 6) is -2.73. The molecule has 0 aromatic heterocycles. The van der Waals surface area contributed by atoms with Crippen LogP contribution in [0.5, 0.6) is 0 Å². The molecule has 0 bridgehead atoms. The molecule has 0 spiro atoms. The lowest BCUT2D eigenvalue weighted by molar-refractivity contribution is -0.121. The highest BCUT2D eigenvalue weighted by Crippen LogP contribution is 2.27. The molecule has 1 saturated heterocycles. The van der Waals surface area contributed by atoms with Crippen molar-refractivity contribution >= 4 is 29.3 Å². The van der Waals surface area contributed by atoms with Crippen molar-refractivity contribution in [2.75, 3.05) is 18.4 Å². The fourth-order valence-electron chi connectivity index (χ4n) is 3.29. The maximum atomic E-state index is 12.7. The minimum absolute atomic E-state index is 0.00378. The van der Waals surface area contributed by atoms with E-state index in [1.54, 1.807) is 29.2 Å². The number of anilines is 1. The van der Waals surface area contributed by atoms with Crippen LogP contribution in [0.15, 0.2) is 53.4 Å². The highest BCUT2D eigenvalue weighted by Gasteiger charge is 2.28. The third-order valence-corrected chi connectivity index (χ3v) is 5.60. The van der Waals surface area contributed by atoms with Gasteiger partial charge >= 0.3 is 0 Å². The average Bonchev–Trinajstić information content (AvgIpc) is 2.69. The van der Waals surface area contributed by atoms with E-state index in [-0.39, 0.29) is 17.7 Å². The summed E-state index contributed by atoms with van der Waals surface area (Å²) < 4.78 is 24.7. The van der Waals surface area contributed by atoms with Gasteiger partial charge in [0.1, 0.15) is 0 Å². The molecule has 0 saturated carbocycles. The number of piperidine rings is 1. The van der Waals surface area contributed by atoms with Gasteiger partial charge in [-0.05, 0) is 55.7 Å². The Kier molecular flexibility index (Phi) is 6.67. The van der Waals surface area contributed by atoms with E-state index in [2.05, 4.69) is 5.32 Å². The molecule has 1 aliphatic rings. The fraction of sp³-hybridized carbons (Fsp3) is 0.333. The van der Waals surface area contributed by atoms with E-state index in [1.807, 2.05) is 31.2 Å². The zero-order valence-corrected chi connectivity index (χ0v) is 16.3. The SMILES string of the molecule is Cc1ccccc1C(=O)N1CCC(C(=O)Nc2ccc(SC(F)F)cc2)CC1. The zero-order chi connectivity index (χ0) is 20.1. The molecule has 0 radical (unpaired) electrons. The molecule has 1 fully saturated rings. The quantitative estimate of drug-likeness (QED) is 0.729. The molecule has 2 aromatic carbocycles. The van der Waals surface area contributed by atoms with E-state index < -0.39 is 5.76 Å². The van der Waals surface area contributed by atoms with Crippen molar-refractivity contribution in [1.29, 1.82) is 0 Å². The van der Waals surface area contributed by atoms with Gasteiger partial charge in [0.2, 0.25) is 5.91 Å². The number of aryl methyl sites for hydroxylation is 1. The molecule has 2 amide bonds. The van der Waals surface area contributed by atoms with Crippen LogP contribution < -0.4 is 5.32 Å². The summed E-state index contributed by atoms with van der Waals surface area (Å²) >= 11 is 0.473. The zero-order valence-electron chi connectivity index (χ0n) is 15.5. The number of thioether (sulfide) groups is 1. The highest BCUT2D eigenvalue weighted by molar-refractivity contribution is 7.99. The summed E-state index contributed by atoms with van der Waals surface area (Å²) in [6.07, 6.45) is 1.20. The summed E-state index contributed by atoms with van der Waals surface area (Å²) in [6, 6.07) is 13.9. The molecular formula is C21H22F2N2O2S. The lowest BCUT2D eigenvalue weighted by atomic mass is 9.95. The van der Waals surface area contributed by atoms with E-state index in [4.69, 9.17) is 0 Å². The predicted molar refractivity (Wildman–Crippen MR) is 107 cm³/mol. The van der Waals surface area contributed by atoms with Crippen LogP contribution in [0.2, 0.25) is 0 Å². The van der Waals surface area contributed by atoms with Gasteiger partial charge < -0.3 is 10.2 Å². The number of carbonyl (C=O) groups excluding carboxylic acids is 2. The molecular weight excluding hydrogens is 382 g/mol. The van der Waals surface area contributed by atoms with Gasteiger partial charge in [0.15, 0.2) is 0 Å². The number of carbonyl (C=O) groups is 2. The Balaban J connectivity index is 1.52. The van der Waals surface area contributed by atoms with Gasteiger partial charge in [-0.1, -0.05) is 30.0 Å². The summed E-state index contributed by atoms with van der Waals surface area (Å²) in [5, 5.41) is 2.84. The van der Waals surface area contributed by atoms with Gasteiger partial charge in [0, 0.05) is 35.2 Å². The van der Waals surface area contributed by atoms with Crippen molar-refractivity contribution in [3.05, 3.63) is 59.7 Å². The van der Waals surface area contributed by atoms with Gasteiger partial charge in [-0.2, -0.15) is 8.78 Å². The number of hydrogen-bond donors (Lipinski definition) is 1. The largest absolute Gasteiger partial charge is 0.339 e. The number of halogens is 2. The van der Waals surface area contributed by atoms with Crippen molar-refractivity contribution < 1.29 is 18.4 Å². The van der Waals surface area contributed by atoms with Gasteiger partial charge in [-0.25, -0.2) is 0 Å². The second-order valence-electron chi connectivity index (χ2n) is 6.77. The number of hydrogen-bond acceptors (Lipinski definition) is 3. The van der Waals surface area contributed by atoms with Crippen LogP contribution in [0.1, 0.15) is 28.8 Å². The molecule has 0 unspecified atom stereocenters. The predicted octanol–water partition coefficient (Wildman–Crippen LogP) is 4.80. The highest BCUT2D eigenvalue weighted by atomic mass is 32.2. The number of benzene rings is 2. The minimum Gasteiger partial charge on any atom is -0.339 e. The van der Waals surface area contributed by atoms with Crippen molar-refractivity contribution in [2.45, 2.75) is 30.4 Å². The monoisotopic (exact) mass is 404 g/mol. The maximum absolute atomic E-state index is 12.7. The van der Waals surface area contributed by atoms with E-state index in [9.17, 15) is 18.4 Å². The molecule has 4 nitrogen and oxygen atoms in total. The van der Waals surface area contributed by atoms with Crippen molar-refractivity contribution in [3.8, 4) is 0 Å².